The molecule has 0 unspecified atom stereocenters. The van der Waals surface area contributed by atoms with Gasteiger partial charge in [0.25, 0.3) is 0 Å². The highest BCUT2D eigenvalue weighted by Crippen LogP contribution is 2.31. The molecular formula is C17H11Cl3N2O2. The largest absolute Gasteiger partial charge is 0.481 e. The maximum Gasteiger partial charge on any atom is 0.309 e. The lowest BCUT2D eigenvalue weighted by Crippen LogP contribution is -2.03. The minimum absolute atomic E-state index is 0.179. The number of carbonyl (C=O) groups is 1. The Labute approximate surface area is 153 Å². The van der Waals surface area contributed by atoms with Crippen molar-refractivity contribution in [2.24, 2.45) is 0 Å². The second-order valence-corrected chi connectivity index (χ2v) is 6.36. The van der Waals surface area contributed by atoms with Crippen molar-refractivity contribution in [1.29, 1.82) is 0 Å². The Morgan fingerprint density at radius 1 is 1.04 bits per heavy atom. The van der Waals surface area contributed by atoms with E-state index in [1.54, 1.807) is 47.1 Å². The highest BCUT2D eigenvalue weighted by molar-refractivity contribution is 6.42. The molecule has 7 heteroatoms. The van der Waals surface area contributed by atoms with Crippen LogP contribution in [0.2, 0.25) is 15.1 Å². The van der Waals surface area contributed by atoms with E-state index >= 15 is 0 Å². The van der Waals surface area contributed by atoms with E-state index < -0.39 is 5.97 Å². The first-order chi connectivity index (χ1) is 11.4. The first-order valence-electron chi connectivity index (χ1n) is 6.96. The standard InChI is InChI=1S/C17H11Cl3N2O2/c18-11-2-1-3-13(7-11)22-16(8-12(21-22)9-17(23)24)10-4-5-14(19)15(20)6-10/h1-8H,9H2,(H,23,24). The average molecular weight is 382 g/mol. The molecule has 0 aliphatic carbocycles. The van der Waals surface area contributed by atoms with Gasteiger partial charge in [-0.2, -0.15) is 5.10 Å². The SMILES string of the molecule is O=C(O)Cc1cc(-c2ccc(Cl)c(Cl)c2)n(-c2cccc(Cl)c2)n1. The molecule has 0 radical (unpaired) electrons. The number of carboxylic acids is 1. The molecule has 24 heavy (non-hydrogen) atoms. The first kappa shape index (κ1) is 16.8. The Morgan fingerprint density at radius 3 is 2.50 bits per heavy atom. The fraction of sp³-hybridized carbons (Fsp3) is 0.0588. The average Bonchev–Trinajstić information content (AvgIpc) is 2.93. The Morgan fingerprint density at radius 2 is 1.83 bits per heavy atom. The van der Waals surface area contributed by atoms with Gasteiger partial charge in [-0.3, -0.25) is 4.79 Å². The monoisotopic (exact) mass is 380 g/mol. The minimum atomic E-state index is -0.952. The van der Waals surface area contributed by atoms with Crippen LogP contribution in [0.5, 0.6) is 0 Å². The maximum atomic E-state index is 11.0. The van der Waals surface area contributed by atoms with Crippen molar-refractivity contribution < 1.29 is 9.90 Å². The van der Waals surface area contributed by atoms with Crippen LogP contribution in [0.25, 0.3) is 16.9 Å². The van der Waals surface area contributed by atoms with Crippen molar-refractivity contribution in [3.63, 3.8) is 0 Å². The molecule has 0 saturated carbocycles. The van der Waals surface area contributed by atoms with Gasteiger partial charge in [0.15, 0.2) is 0 Å². The Bertz CT molecular complexity index is 922. The summed E-state index contributed by atoms with van der Waals surface area (Å²) in [5.74, 6) is -0.952. The van der Waals surface area contributed by atoms with E-state index in [1.165, 1.54) is 0 Å². The molecule has 0 spiro atoms. The summed E-state index contributed by atoms with van der Waals surface area (Å²) in [5, 5.41) is 14.8. The highest BCUT2D eigenvalue weighted by Gasteiger charge is 2.15. The number of aliphatic carboxylic acids is 1. The molecule has 1 N–H and O–H groups in total. The quantitative estimate of drug-likeness (QED) is 0.682. The van der Waals surface area contributed by atoms with E-state index in [-0.39, 0.29) is 6.42 Å². The number of aromatic nitrogens is 2. The molecule has 0 fully saturated rings. The summed E-state index contributed by atoms with van der Waals surface area (Å²) in [7, 11) is 0. The summed E-state index contributed by atoms with van der Waals surface area (Å²) in [4.78, 5) is 11.0. The number of rotatable bonds is 4. The molecule has 3 rings (SSSR count). The molecule has 122 valence electrons. The smallest absolute Gasteiger partial charge is 0.309 e. The Balaban J connectivity index is 2.17. The molecule has 0 amide bonds. The molecule has 0 aliphatic rings. The van der Waals surface area contributed by atoms with Crippen molar-refractivity contribution in [3.8, 4) is 16.9 Å². The molecule has 0 atom stereocenters. The van der Waals surface area contributed by atoms with Crippen LogP contribution in [0.15, 0.2) is 48.5 Å². The lowest BCUT2D eigenvalue weighted by molar-refractivity contribution is -0.136. The lowest BCUT2D eigenvalue weighted by atomic mass is 10.1. The summed E-state index contributed by atoms with van der Waals surface area (Å²) in [6.45, 7) is 0. The van der Waals surface area contributed by atoms with Gasteiger partial charge < -0.3 is 5.11 Å². The van der Waals surface area contributed by atoms with Crippen LogP contribution in [0.1, 0.15) is 5.69 Å². The molecule has 2 aromatic carbocycles. The van der Waals surface area contributed by atoms with Gasteiger partial charge in [0, 0.05) is 10.6 Å². The van der Waals surface area contributed by atoms with E-state index in [0.717, 1.165) is 11.3 Å². The van der Waals surface area contributed by atoms with E-state index in [1.807, 2.05) is 6.07 Å². The normalized spacial score (nSPS) is 10.8. The summed E-state index contributed by atoms with van der Waals surface area (Å²) in [5.41, 5.74) is 2.63. The van der Waals surface area contributed by atoms with Crippen LogP contribution in [0.3, 0.4) is 0 Å². The van der Waals surface area contributed by atoms with Gasteiger partial charge >= 0.3 is 5.97 Å². The van der Waals surface area contributed by atoms with Crippen LogP contribution in [0, 0.1) is 0 Å². The zero-order valence-electron chi connectivity index (χ0n) is 12.2. The molecule has 0 saturated heterocycles. The van der Waals surface area contributed by atoms with Gasteiger partial charge in [0.05, 0.1) is 33.5 Å². The van der Waals surface area contributed by atoms with Crippen molar-refractivity contribution in [1.82, 2.24) is 9.78 Å². The number of nitrogens with zero attached hydrogens (tertiary/aromatic N) is 2. The van der Waals surface area contributed by atoms with Gasteiger partial charge in [-0.25, -0.2) is 4.68 Å². The molecular weight excluding hydrogens is 371 g/mol. The molecule has 1 heterocycles. The third kappa shape index (κ3) is 3.56. The molecule has 1 aromatic heterocycles. The van der Waals surface area contributed by atoms with Crippen LogP contribution in [-0.2, 0) is 11.2 Å². The summed E-state index contributed by atoms with van der Waals surface area (Å²) in [6.07, 6.45) is -0.179. The van der Waals surface area contributed by atoms with E-state index in [0.29, 0.717) is 26.5 Å². The van der Waals surface area contributed by atoms with Gasteiger partial charge in [0.2, 0.25) is 0 Å². The van der Waals surface area contributed by atoms with Crippen LogP contribution >= 0.6 is 34.8 Å². The molecule has 0 aliphatic heterocycles. The first-order valence-corrected chi connectivity index (χ1v) is 8.09. The third-order valence-corrected chi connectivity index (χ3v) is 4.33. The topological polar surface area (TPSA) is 55.1 Å². The Hall–Kier alpha value is -2.01. The highest BCUT2D eigenvalue weighted by atomic mass is 35.5. The molecule has 3 aromatic rings. The van der Waals surface area contributed by atoms with Crippen molar-refractivity contribution in [3.05, 3.63) is 69.3 Å². The summed E-state index contributed by atoms with van der Waals surface area (Å²) < 4.78 is 1.64. The summed E-state index contributed by atoms with van der Waals surface area (Å²) >= 11 is 18.1. The molecule has 4 nitrogen and oxygen atoms in total. The van der Waals surface area contributed by atoms with Crippen molar-refractivity contribution in [2.75, 3.05) is 0 Å². The van der Waals surface area contributed by atoms with Crippen LogP contribution < -0.4 is 0 Å². The zero-order chi connectivity index (χ0) is 17.3. The number of halogens is 3. The van der Waals surface area contributed by atoms with Crippen molar-refractivity contribution >= 4 is 40.8 Å². The number of hydrogen-bond donors (Lipinski definition) is 1. The number of benzene rings is 2. The second kappa shape index (κ2) is 6.85. The van der Waals surface area contributed by atoms with Crippen LogP contribution in [-0.4, -0.2) is 20.9 Å². The lowest BCUT2D eigenvalue weighted by Gasteiger charge is -2.09. The van der Waals surface area contributed by atoms with E-state index in [2.05, 4.69) is 5.10 Å². The molecule has 0 bridgehead atoms. The maximum absolute atomic E-state index is 11.0. The van der Waals surface area contributed by atoms with Gasteiger partial charge in [-0.05, 0) is 36.4 Å². The van der Waals surface area contributed by atoms with Gasteiger partial charge in [-0.15, -0.1) is 0 Å². The fourth-order valence-electron chi connectivity index (χ4n) is 2.34. The predicted molar refractivity (Wildman–Crippen MR) is 95.4 cm³/mol. The zero-order valence-corrected chi connectivity index (χ0v) is 14.5. The Kier molecular flexibility index (Phi) is 4.81. The predicted octanol–water partition coefficient (Wildman–Crippen LogP) is 5.13. The third-order valence-electron chi connectivity index (χ3n) is 3.36. The number of carboxylic acid groups (broad SMARTS) is 1. The van der Waals surface area contributed by atoms with Gasteiger partial charge in [-0.1, -0.05) is 46.9 Å². The van der Waals surface area contributed by atoms with Crippen molar-refractivity contribution in [2.45, 2.75) is 6.42 Å². The number of hydrogen-bond acceptors (Lipinski definition) is 2. The summed E-state index contributed by atoms with van der Waals surface area (Å²) in [6, 6.07) is 14.1. The van der Waals surface area contributed by atoms with Crippen LogP contribution in [0.4, 0.5) is 0 Å². The second-order valence-electron chi connectivity index (χ2n) is 5.11. The van der Waals surface area contributed by atoms with E-state index in [4.69, 9.17) is 39.9 Å². The fourth-order valence-corrected chi connectivity index (χ4v) is 2.82. The minimum Gasteiger partial charge on any atom is -0.481 e. The van der Waals surface area contributed by atoms with E-state index in [9.17, 15) is 4.79 Å². The van der Waals surface area contributed by atoms with Gasteiger partial charge in [0.1, 0.15) is 0 Å².